The molecule has 1 aliphatic carbocycles. The maximum absolute atomic E-state index is 12.9. The van der Waals surface area contributed by atoms with Gasteiger partial charge < -0.3 is 10.2 Å². The molecule has 0 aromatic heterocycles. The molecule has 0 bridgehead atoms. The molecular weight excluding hydrogens is 325 g/mol. The van der Waals surface area contributed by atoms with Crippen molar-refractivity contribution in [2.24, 2.45) is 0 Å². The van der Waals surface area contributed by atoms with Gasteiger partial charge in [-0.2, -0.15) is 0 Å². The highest BCUT2D eigenvalue weighted by Gasteiger charge is 2.55. The van der Waals surface area contributed by atoms with Crippen molar-refractivity contribution < 1.29 is 18.8 Å². The molecule has 1 saturated carbocycles. The van der Waals surface area contributed by atoms with Gasteiger partial charge in [0.1, 0.15) is 17.9 Å². The average Bonchev–Trinajstić information content (AvgIpc) is 2.78. The summed E-state index contributed by atoms with van der Waals surface area (Å²) in [7, 11) is 1.64. The van der Waals surface area contributed by atoms with Gasteiger partial charge >= 0.3 is 6.03 Å². The second-order valence-corrected chi connectivity index (χ2v) is 6.73. The summed E-state index contributed by atoms with van der Waals surface area (Å²) in [5.41, 5.74) is -0.0262. The van der Waals surface area contributed by atoms with E-state index in [4.69, 9.17) is 0 Å². The molecule has 4 amide bonds. The zero-order chi connectivity index (χ0) is 18.0. The molecule has 1 saturated heterocycles. The Hall–Kier alpha value is -2.44. The molecule has 2 aliphatic rings. The molecule has 25 heavy (non-hydrogen) atoms. The summed E-state index contributed by atoms with van der Waals surface area (Å²) in [5.74, 6) is -1.02. The minimum Gasteiger partial charge on any atom is -0.350 e. The minimum absolute atomic E-state index is 0.219. The standard InChI is InChI=1S/C18H22FN3O3/c1-21-17(25)22(16(24)18(21)9-3-2-4-10-18)12-15(23)20-11-13-5-7-14(19)8-6-13/h5-8H,2-4,9-12H2,1H3,(H,20,23). The quantitative estimate of drug-likeness (QED) is 0.848. The van der Waals surface area contributed by atoms with Crippen LogP contribution in [0.15, 0.2) is 24.3 Å². The maximum Gasteiger partial charge on any atom is 0.327 e. The van der Waals surface area contributed by atoms with Crippen molar-refractivity contribution in [3.8, 4) is 0 Å². The smallest absolute Gasteiger partial charge is 0.327 e. The van der Waals surface area contributed by atoms with E-state index in [0.717, 1.165) is 29.7 Å². The predicted octanol–water partition coefficient (Wildman–Crippen LogP) is 2.04. The topological polar surface area (TPSA) is 69.7 Å². The van der Waals surface area contributed by atoms with Gasteiger partial charge in [0.25, 0.3) is 5.91 Å². The second kappa shape index (κ2) is 6.82. The maximum atomic E-state index is 12.9. The van der Waals surface area contributed by atoms with Crippen LogP contribution in [-0.4, -0.2) is 46.8 Å². The summed E-state index contributed by atoms with van der Waals surface area (Å²) in [6.45, 7) is -0.0682. The lowest BCUT2D eigenvalue weighted by Gasteiger charge is -2.35. The molecule has 1 N–H and O–H groups in total. The molecule has 1 aromatic rings. The highest BCUT2D eigenvalue weighted by molar-refractivity contribution is 6.08. The minimum atomic E-state index is -0.771. The number of carbonyl (C=O) groups excluding carboxylic acids is 3. The SMILES string of the molecule is CN1C(=O)N(CC(=O)NCc2ccc(F)cc2)C(=O)C12CCCCC2. The molecular formula is C18H22FN3O3. The molecule has 1 spiro atoms. The van der Waals surface area contributed by atoms with E-state index in [9.17, 15) is 18.8 Å². The molecule has 0 radical (unpaired) electrons. The van der Waals surface area contributed by atoms with Gasteiger partial charge in [-0.05, 0) is 30.5 Å². The van der Waals surface area contributed by atoms with Gasteiger partial charge in [-0.3, -0.25) is 14.5 Å². The van der Waals surface area contributed by atoms with E-state index in [1.165, 1.54) is 17.0 Å². The largest absolute Gasteiger partial charge is 0.350 e. The molecule has 0 atom stereocenters. The van der Waals surface area contributed by atoms with Gasteiger partial charge in [-0.25, -0.2) is 9.18 Å². The molecule has 2 fully saturated rings. The number of likely N-dealkylation sites (N-methyl/N-ethyl adjacent to an activating group) is 1. The van der Waals surface area contributed by atoms with Gasteiger partial charge in [0.15, 0.2) is 0 Å². The lowest BCUT2D eigenvalue weighted by atomic mass is 9.81. The Kier molecular flexibility index (Phi) is 4.74. The van der Waals surface area contributed by atoms with Gasteiger partial charge in [0.05, 0.1) is 0 Å². The Morgan fingerprint density at radius 3 is 2.44 bits per heavy atom. The zero-order valence-corrected chi connectivity index (χ0v) is 14.3. The number of hydrogen-bond donors (Lipinski definition) is 1. The monoisotopic (exact) mass is 347 g/mol. The van der Waals surface area contributed by atoms with Crippen LogP contribution < -0.4 is 5.32 Å². The van der Waals surface area contributed by atoms with E-state index in [2.05, 4.69) is 5.32 Å². The zero-order valence-electron chi connectivity index (χ0n) is 14.3. The van der Waals surface area contributed by atoms with E-state index >= 15 is 0 Å². The summed E-state index contributed by atoms with van der Waals surface area (Å²) < 4.78 is 12.9. The van der Waals surface area contributed by atoms with E-state index in [0.29, 0.717) is 12.8 Å². The number of nitrogens with one attached hydrogen (secondary N) is 1. The number of carbonyl (C=O) groups is 3. The van der Waals surface area contributed by atoms with E-state index in [-0.39, 0.29) is 24.8 Å². The number of rotatable bonds is 4. The Labute approximate surface area is 146 Å². The number of hydrogen-bond acceptors (Lipinski definition) is 3. The first-order valence-corrected chi connectivity index (χ1v) is 8.55. The van der Waals surface area contributed by atoms with Crippen LogP contribution in [0.5, 0.6) is 0 Å². The summed E-state index contributed by atoms with van der Waals surface area (Å²) in [6.07, 6.45) is 4.20. The van der Waals surface area contributed by atoms with Crippen molar-refractivity contribution in [2.75, 3.05) is 13.6 Å². The first-order chi connectivity index (χ1) is 11.9. The molecule has 6 nitrogen and oxygen atoms in total. The number of urea groups is 1. The molecule has 1 heterocycles. The fourth-order valence-corrected chi connectivity index (χ4v) is 3.67. The third-order valence-electron chi connectivity index (χ3n) is 5.19. The van der Waals surface area contributed by atoms with E-state index in [1.807, 2.05) is 0 Å². The van der Waals surface area contributed by atoms with Crippen molar-refractivity contribution in [1.29, 1.82) is 0 Å². The summed E-state index contributed by atoms with van der Waals surface area (Å²) in [4.78, 5) is 39.9. The number of nitrogens with zero attached hydrogens (tertiary/aromatic N) is 2. The van der Waals surface area contributed by atoms with Crippen molar-refractivity contribution >= 4 is 17.8 Å². The first kappa shape index (κ1) is 17.4. The van der Waals surface area contributed by atoms with Gasteiger partial charge in [-0.15, -0.1) is 0 Å². The number of halogens is 1. The van der Waals surface area contributed by atoms with Gasteiger partial charge in [0, 0.05) is 13.6 Å². The number of imide groups is 1. The lowest BCUT2D eigenvalue weighted by molar-refractivity contribution is -0.137. The van der Waals surface area contributed by atoms with Crippen molar-refractivity contribution in [1.82, 2.24) is 15.1 Å². The number of benzene rings is 1. The Balaban J connectivity index is 1.61. The molecule has 7 heteroatoms. The Morgan fingerprint density at radius 2 is 1.80 bits per heavy atom. The molecule has 1 aromatic carbocycles. The van der Waals surface area contributed by atoms with Crippen LogP contribution in [0.2, 0.25) is 0 Å². The fourth-order valence-electron chi connectivity index (χ4n) is 3.67. The normalized spacial score (nSPS) is 19.6. The first-order valence-electron chi connectivity index (χ1n) is 8.55. The van der Waals surface area contributed by atoms with Gasteiger partial charge in [0.2, 0.25) is 5.91 Å². The van der Waals surface area contributed by atoms with Crippen molar-refractivity contribution in [3.05, 3.63) is 35.6 Å². The van der Waals surface area contributed by atoms with Crippen LogP contribution in [0.3, 0.4) is 0 Å². The van der Waals surface area contributed by atoms with Crippen LogP contribution in [0.4, 0.5) is 9.18 Å². The van der Waals surface area contributed by atoms with Crippen molar-refractivity contribution in [2.45, 2.75) is 44.2 Å². The van der Waals surface area contributed by atoms with E-state index < -0.39 is 17.5 Å². The third-order valence-corrected chi connectivity index (χ3v) is 5.19. The highest BCUT2D eigenvalue weighted by Crippen LogP contribution is 2.39. The Bertz CT molecular complexity index is 683. The van der Waals surface area contributed by atoms with Crippen LogP contribution >= 0.6 is 0 Å². The average molecular weight is 347 g/mol. The molecule has 1 aliphatic heterocycles. The summed E-state index contributed by atoms with van der Waals surface area (Å²) in [5, 5.41) is 2.67. The lowest BCUT2D eigenvalue weighted by Crippen LogP contribution is -2.49. The van der Waals surface area contributed by atoms with Crippen LogP contribution in [0.1, 0.15) is 37.7 Å². The fraction of sp³-hybridized carbons (Fsp3) is 0.500. The van der Waals surface area contributed by atoms with Gasteiger partial charge in [-0.1, -0.05) is 31.4 Å². The summed E-state index contributed by atoms with van der Waals surface area (Å²) in [6, 6.07) is 5.37. The van der Waals surface area contributed by atoms with Crippen molar-refractivity contribution in [3.63, 3.8) is 0 Å². The molecule has 134 valence electrons. The molecule has 3 rings (SSSR count). The van der Waals surface area contributed by atoms with Crippen LogP contribution in [0.25, 0.3) is 0 Å². The second-order valence-electron chi connectivity index (χ2n) is 6.73. The third kappa shape index (κ3) is 3.23. The van der Waals surface area contributed by atoms with Crippen LogP contribution in [0, 0.1) is 5.82 Å². The van der Waals surface area contributed by atoms with E-state index in [1.54, 1.807) is 19.2 Å². The van der Waals surface area contributed by atoms with Crippen LogP contribution in [-0.2, 0) is 16.1 Å². The highest BCUT2D eigenvalue weighted by atomic mass is 19.1. The number of amides is 4. The summed E-state index contributed by atoms with van der Waals surface area (Å²) >= 11 is 0. The molecule has 0 unspecified atom stereocenters. The Morgan fingerprint density at radius 1 is 1.16 bits per heavy atom. The predicted molar refractivity (Wildman–Crippen MR) is 88.9 cm³/mol.